The van der Waals surface area contributed by atoms with Crippen LogP contribution in [0.2, 0.25) is 0 Å². The molecule has 0 radical (unpaired) electrons. The first-order chi connectivity index (χ1) is 7.48. The molecule has 0 spiro atoms. The van der Waals surface area contributed by atoms with Gasteiger partial charge in [0.2, 0.25) is 0 Å². The third kappa shape index (κ3) is 2.23. The molecule has 1 aromatic rings. The van der Waals surface area contributed by atoms with E-state index in [2.05, 4.69) is 10.9 Å². The topological polar surface area (TPSA) is 58.2 Å². The van der Waals surface area contributed by atoms with Gasteiger partial charge in [-0.25, -0.2) is 18.2 Å². The zero-order chi connectivity index (χ0) is 11.8. The van der Waals surface area contributed by atoms with Crippen LogP contribution in [0.15, 0.2) is 24.3 Å². The third-order valence-electron chi connectivity index (χ3n) is 2.69. The average Bonchev–Trinajstić information content (AvgIpc) is 2.65. The molecule has 2 N–H and O–H groups in total. The molecule has 4 nitrogen and oxygen atoms in total. The standard InChI is InChI=1S/C10H13FN2O2S/c1-16(14,15)9-6-12-13-10(9)7-3-2-4-8(11)5-7/h2-5,9-10,12-13H,6H2,1H3. The molecule has 0 aromatic heterocycles. The molecule has 6 heteroatoms. The van der Waals surface area contributed by atoms with Gasteiger partial charge in [0, 0.05) is 12.8 Å². The predicted octanol–water partition coefficient (Wildman–Crippen LogP) is 0.388. The summed E-state index contributed by atoms with van der Waals surface area (Å²) in [6, 6.07) is 5.57. The van der Waals surface area contributed by atoms with Crippen LogP contribution >= 0.6 is 0 Å². The van der Waals surface area contributed by atoms with Crippen LogP contribution in [0, 0.1) is 5.82 Å². The summed E-state index contributed by atoms with van der Waals surface area (Å²) in [4.78, 5) is 0. The first kappa shape index (κ1) is 11.5. The molecule has 88 valence electrons. The Morgan fingerprint density at radius 2 is 2.19 bits per heavy atom. The second-order valence-corrected chi connectivity index (χ2v) is 6.19. The van der Waals surface area contributed by atoms with Crippen molar-refractivity contribution in [2.24, 2.45) is 0 Å². The molecule has 1 saturated heterocycles. The molecule has 16 heavy (non-hydrogen) atoms. The van der Waals surface area contributed by atoms with Crippen LogP contribution in [0.5, 0.6) is 0 Å². The van der Waals surface area contributed by atoms with Crippen LogP contribution in [0.25, 0.3) is 0 Å². The predicted molar refractivity (Wildman–Crippen MR) is 58.9 cm³/mol. The van der Waals surface area contributed by atoms with Crippen LogP contribution in [0.3, 0.4) is 0 Å². The first-order valence-corrected chi connectivity index (χ1v) is 6.86. The van der Waals surface area contributed by atoms with Crippen molar-refractivity contribution in [3.05, 3.63) is 35.6 Å². The first-order valence-electron chi connectivity index (χ1n) is 4.91. The summed E-state index contributed by atoms with van der Waals surface area (Å²) in [6.07, 6.45) is 1.19. The maximum atomic E-state index is 13.0. The number of nitrogens with one attached hydrogen (secondary N) is 2. The lowest BCUT2D eigenvalue weighted by Crippen LogP contribution is -2.29. The molecule has 1 fully saturated rings. The number of benzene rings is 1. The minimum Gasteiger partial charge on any atom is -0.256 e. The summed E-state index contributed by atoms with van der Waals surface area (Å²) in [5.74, 6) is -0.363. The Hall–Kier alpha value is -0.980. The van der Waals surface area contributed by atoms with Crippen LogP contribution in [-0.2, 0) is 9.84 Å². The highest BCUT2D eigenvalue weighted by Gasteiger charge is 2.35. The zero-order valence-corrected chi connectivity index (χ0v) is 9.59. The van der Waals surface area contributed by atoms with Crippen molar-refractivity contribution in [1.29, 1.82) is 0 Å². The normalized spacial score (nSPS) is 25.9. The Bertz CT molecular complexity index is 489. The monoisotopic (exact) mass is 244 g/mol. The molecule has 0 aliphatic carbocycles. The molecule has 2 unspecified atom stereocenters. The quantitative estimate of drug-likeness (QED) is 0.790. The van der Waals surface area contributed by atoms with E-state index in [1.165, 1.54) is 18.4 Å². The van der Waals surface area contributed by atoms with E-state index in [9.17, 15) is 12.8 Å². The number of hydrogen-bond donors (Lipinski definition) is 2. The molecule has 2 rings (SSSR count). The largest absolute Gasteiger partial charge is 0.256 e. The number of sulfone groups is 1. The van der Waals surface area contributed by atoms with Gasteiger partial charge < -0.3 is 0 Å². The van der Waals surface area contributed by atoms with Crippen molar-refractivity contribution in [3.63, 3.8) is 0 Å². The van der Waals surface area contributed by atoms with Crippen LogP contribution in [0.1, 0.15) is 11.6 Å². The highest BCUT2D eigenvalue weighted by atomic mass is 32.2. The van der Waals surface area contributed by atoms with Gasteiger partial charge >= 0.3 is 0 Å². The Balaban J connectivity index is 2.34. The molecule has 0 saturated carbocycles. The Kier molecular flexibility index (Phi) is 2.96. The van der Waals surface area contributed by atoms with E-state index in [4.69, 9.17) is 0 Å². The number of hydrogen-bond acceptors (Lipinski definition) is 4. The SMILES string of the molecule is CS(=O)(=O)C1CNNC1c1cccc(F)c1. The molecule has 1 aromatic carbocycles. The van der Waals surface area contributed by atoms with E-state index in [1.807, 2.05) is 0 Å². The summed E-state index contributed by atoms with van der Waals surface area (Å²) in [7, 11) is -3.16. The lowest BCUT2D eigenvalue weighted by Gasteiger charge is -2.17. The lowest BCUT2D eigenvalue weighted by molar-refractivity contribution is 0.552. The van der Waals surface area contributed by atoms with Gasteiger partial charge in [0.15, 0.2) is 9.84 Å². The fraction of sp³-hybridized carbons (Fsp3) is 0.400. The molecular weight excluding hydrogens is 231 g/mol. The second kappa shape index (κ2) is 4.12. The van der Waals surface area contributed by atoms with E-state index in [0.717, 1.165) is 0 Å². The molecule has 1 aliphatic heterocycles. The summed E-state index contributed by atoms with van der Waals surface area (Å²) < 4.78 is 36.1. The maximum absolute atomic E-state index is 13.0. The van der Waals surface area contributed by atoms with Gasteiger partial charge in [-0.05, 0) is 17.7 Å². The van der Waals surface area contributed by atoms with Crippen LogP contribution < -0.4 is 10.9 Å². The van der Waals surface area contributed by atoms with Crippen molar-refractivity contribution in [2.75, 3.05) is 12.8 Å². The summed E-state index contributed by atoms with van der Waals surface area (Å²) in [5, 5.41) is -0.561. The van der Waals surface area contributed by atoms with Gasteiger partial charge in [-0.3, -0.25) is 5.43 Å². The fourth-order valence-electron chi connectivity index (χ4n) is 1.88. The van der Waals surface area contributed by atoms with Crippen LogP contribution in [0.4, 0.5) is 4.39 Å². The van der Waals surface area contributed by atoms with Gasteiger partial charge in [-0.1, -0.05) is 12.1 Å². The Labute approximate surface area is 93.7 Å². The lowest BCUT2D eigenvalue weighted by atomic mass is 10.1. The minimum absolute atomic E-state index is 0.333. The Morgan fingerprint density at radius 1 is 1.44 bits per heavy atom. The Morgan fingerprint density at radius 3 is 2.81 bits per heavy atom. The minimum atomic E-state index is -3.16. The van der Waals surface area contributed by atoms with Crippen molar-refractivity contribution in [1.82, 2.24) is 10.9 Å². The van der Waals surface area contributed by atoms with Gasteiger partial charge in [0.05, 0.1) is 11.3 Å². The maximum Gasteiger partial charge on any atom is 0.153 e. The third-order valence-corrected chi connectivity index (χ3v) is 4.23. The van der Waals surface area contributed by atoms with Crippen molar-refractivity contribution < 1.29 is 12.8 Å². The summed E-state index contributed by atoms with van der Waals surface area (Å²) in [5.41, 5.74) is 6.30. The smallest absolute Gasteiger partial charge is 0.153 e. The number of rotatable bonds is 2. The second-order valence-electron chi connectivity index (χ2n) is 3.93. The van der Waals surface area contributed by atoms with Crippen molar-refractivity contribution >= 4 is 9.84 Å². The highest BCUT2D eigenvalue weighted by molar-refractivity contribution is 7.91. The highest BCUT2D eigenvalue weighted by Crippen LogP contribution is 2.24. The van der Waals surface area contributed by atoms with Crippen molar-refractivity contribution in [2.45, 2.75) is 11.3 Å². The molecule has 2 atom stereocenters. The summed E-state index contributed by atoms with van der Waals surface area (Å²) in [6.45, 7) is 0.333. The molecule has 1 heterocycles. The average molecular weight is 244 g/mol. The van der Waals surface area contributed by atoms with E-state index in [-0.39, 0.29) is 5.82 Å². The van der Waals surface area contributed by atoms with Gasteiger partial charge in [-0.2, -0.15) is 0 Å². The molecule has 1 aliphatic rings. The van der Waals surface area contributed by atoms with Gasteiger partial charge in [0.25, 0.3) is 0 Å². The van der Waals surface area contributed by atoms with Gasteiger partial charge in [-0.15, -0.1) is 0 Å². The van der Waals surface area contributed by atoms with E-state index in [1.54, 1.807) is 12.1 Å². The number of hydrazine groups is 1. The summed E-state index contributed by atoms with van der Waals surface area (Å²) >= 11 is 0. The molecule has 0 amide bonds. The van der Waals surface area contributed by atoms with Crippen LogP contribution in [-0.4, -0.2) is 26.5 Å². The zero-order valence-electron chi connectivity index (χ0n) is 8.77. The van der Waals surface area contributed by atoms with E-state index < -0.39 is 21.1 Å². The van der Waals surface area contributed by atoms with E-state index in [0.29, 0.717) is 12.1 Å². The van der Waals surface area contributed by atoms with Gasteiger partial charge in [0.1, 0.15) is 5.82 Å². The fourth-order valence-corrected chi connectivity index (χ4v) is 2.98. The molecule has 0 bridgehead atoms. The van der Waals surface area contributed by atoms with Crippen molar-refractivity contribution in [3.8, 4) is 0 Å². The molecular formula is C10H13FN2O2S. The number of halogens is 1. The van der Waals surface area contributed by atoms with E-state index >= 15 is 0 Å².